The van der Waals surface area contributed by atoms with Gasteiger partial charge in [-0.15, -0.1) is 11.3 Å². The lowest BCUT2D eigenvalue weighted by Gasteiger charge is -2.23. The standard InChI is InChI=1S/C16H20ClNOS/c1-3-14(18)15(16-11(2)8-9-20-16)19-10-12-4-6-13(17)7-5-12/h4-9,14-15H,3,10,18H2,1-2H3. The number of rotatable bonds is 6. The van der Waals surface area contributed by atoms with Gasteiger partial charge in [0, 0.05) is 15.9 Å². The molecule has 0 fully saturated rings. The smallest absolute Gasteiger partial charge is 0.107 e. The number of hydrogen-bond acceptors (Lipinski definition) is 3. The summed E-state index contributed by atoms with van der Waals surface area (Å²) in [6.07, 6.45) is 0.846. The molecule has 0 aliphatic heterocycles. The molecular weight excluding hydrogens is 290 g/mol. The molecule has 0 spiro atoms. The first kappa shape index (κ1) is 15.5. The van der Waals surface area contributed by atoms with Crippen molar-refractivity contribution >= 4 is 22.9 Å². The average Bonchev–Trinajstić information content (AvgIpc) is 2.87. The third-order valence-electron chi connectivity index (χ3n) is 3.36. The maximum absolute atomic E-state index is 6.23. The van der Waals surface area contributed by atoms with E-state index in [1.807, 2.05) is 24.3 Å². The van der Waals surface area contributed by atoms with Gasteiger partial charge in [0.05, 0.1) is 6.61 Å². The second-order valence-corrected chi connectivity index (χ2v) is 6.28. The topological polar surface area (TPSA) is 35.2 Å². The predicted molar refractivity (Wildman–Crippen MR) is 86.3 cm³/mol. The van der Waals surface area contributed by atoms with E-state index in [-0.39, 0.29) is 12.1 Å². The summed E-state index contributed by atoms with van der Waals surface area (Å²) in [5.41, 5.74) is 8.58. The first-order valence-electron chi connectivity index (χ1n) is 6.77. The van der Waals surface area contributed by atoms with E-state index >= 15 is 0 Å². The Morgan fingerprint density at radius 3 is 2.50 bits per heavy atom. The summed E-state index contributed by atoms with van der Waals surface area (Å²) >= 11 is 7.60. The highest BCUT2D eigenvalue weighted by Gasteiger charge is 2.22. The molecule has 1 aromatic carbocycles. The molecule has 108 valence electrons. The molecule has 0 saturated heterocycles. The van der Waals surface area contributed by atoms with Gasteiger partial charge in [0.2, 0.25) is 0 Å². The molecule has 2 unspecified atom stereocenters. The fourth-order valence-electron chi connectivity index (χ4n) is 2.05. The summed E-state index contributed by atoms with van der Waals surface area (Å²) in [5, 5.41) is 2.83. The Bertz CT molecular complexity index is 538. The van der Waals surface area contributed by atoms with E-state index in [2.05, 4.69) is 25.3 Å². The summed E-state index contributed by atoms with van der Waals surface area (Å²) < 4.78 is 6.09. The van der Waals surface area contributed by atoms with Crippen molar-refractivity contribution < 1.29 is 4.74 Å². The highest BCUT2D eigenvalue weighted by molar-refractivity contribution is 7.10. The maximum atomic E-state index is 6.23. The fourth-order valence-corrected chi connectivity index (χ4v) is 3.23. The van der Waals surface area contributed by atoms with Crippen LogP contribution in [0.3, 0.4) is 0 Å². The lowest BCUT2D eigenvalue weighted by atomic mass is 10.1. The molecule has 2 rings (SSSR count). The molecule has 4 heteroatoms. The average molecular weight is 310 g/mol. The highest BCUT2D eigenvalue weighted by atomic mass is 35.5. The van der Waals surface area contributed by atoms with E-state index in [1.54, 1.807) is 11.3 Å². The van der Waals surface area contributed by atoms with Crippen molar-refractivity contribution in [3.63, 3.8) is 0 Å². The van der Waals surface area contributed by atoms with E-state index in [1.165, 1.54) is 10.4 Å². The minimum absolute atomic E-state index is 0.0136. The van der Waals surface area contributed by atoms with Crippen LogP contribution in [0.25, 0.3) is 0 Å². The zero-order valence-electron chi connectivity index (χ0n) is 11.8. The Balaban J connectivity index is 2.09. The van der Waals surface area contributed by atoms with Crippen LogP contribution in [0.1, 0.15) is 35.5 Å². The van der Waals surface area contributed by atoms with E-state index in [9.17, 15) is 0 Å². The van der Waals surface area contributed by atoms with Crippen LogP contribution < -0.4 is 5.73 Å². The number of aryl methyl sites for hydroxylation is 1. The minimum Gasteiger partial charge on any atom is -0.366 e. The summed E-state index contributed by atoms with van der Waals surface area (Å²) in [6, 6.07) is 9.85. The van der Waals surface area contributed by atoms with E-state index in [4.69, 9.17) is 22.1 Å². The fraction of sp³-hybridized carbons (Fsp3) is 0.375. The summed E-state index contributed by atoms with van der Waals surface area (Å²) in [4.78, 5) is 1.23. The Morgan fingerprint density at radius 1 is 1.25 bits per heavy atom. The molecule has 1 heterocycles. The van der Waals surface area contributed by atoms with E-state index in [0.29, 0.717) is 6.61 Å². The van der Waals surface area contributed by atoms with Crippen molar-refractivity contribution in [1.82, 2.24) is 0 Å². The number of nitrogens with two attached hydrogens (primary N) is 1. The number of halogens is 1. The van der Waals surface area contributed by atoms with Gasteiger partial charge in [0.15, 0.2) is 0 Å². The summed E-state index contributed by atoms with van der Waals surface area (Å²) in [5.74, 6) is 0. The molecule has 2 aromatic rings. The van der Waals surface area contributed by atoms with Gasteiger partial charge in [-0.3, -0.25) is 0 Å². The Hall–Kier alpha value is -0.870. The first-order chi connectivity index (χ1) is 9.61. The van der Waals surface area contributed by atoms with Gasteiger partial charge in [-0.25, -0.2) is 0 Å². The molecule has 2 nitrogen and oxygen atoms in total. The number of hydrogen-bond donors (Lipinski definition) is 1. The number of ether oxygens (including phenoxy) is 1. The zero-order chi connectivity index (χ0) is 14.5. The Morgan fingerprint density at radius 2 is 1.95 bits per heavy atom. The summed E-state index contributed by atoms with van der Waals surface area (Å²) in [7, 11) is 0. The van der Waals surface area contributed by atoms with Crippen LogP contribution in [0.2, 0.25) is 5.02 Å². The van der Waals surface area contributed by atoms with Crippen LogP contribution in [-0.2, 0) is 11.3 Å². The predicted octanol–water partition coefficient (Wildman–Crippen LogP) is 4.71. The molecule has 0 radical (unpaired) electrons. The van der Waals surface area contributed by atoms with Crippen molar-refractivity contribution in [2.75, 3.05) is 0 Å². The molecule has 0 aliphatic rings. The molecule has 0 bridgehead atoms. The molecule has 0 saturated carbocycles. The molecule has 2 N–H and O–H groups in total. The quantitative estimate of drug-likeness (QED) is 0.839. The van der Waals surface area contributed by atoms with Crippen LogP contribution in [-0.4, -0.2) is 6.04 Å². The van der Waals surface area contributed by atoms with Crippen molar-refractivity contribution in [2.24, 2.45) is 5.73 Å². The van der Waals surface area contributed by atoms with E-state index < -0.39 is 0 Å². The SMILES string of the molecule is CCC(N)C(OCc1ccc(Cl)cc1)c1sccc1C. The molecule has 20 heavy (non-hydrogen) atoms. The van der Waals surface area contributed by atoms with Crippen molar-refractivity contribution in [3.05, 3.63) is 56.7 Å². The van der Waals surface area contributed by atoms with Gasteiger partial charge in [-0.1, -0.05) is 30.7 Å². The van der Waals surface area contributed by atoms with Gasteiger partial charge in [-0.05, 0) is 48.1 Å². The molecular formula is C16H20ClNOS. The van der Waals surface area contributed by atoms with Crippen LogP contribution in [0.5, 0.6) is 0 Å². The van der Waals surface area contributed by atoms with Gasteiger partial charge in [-0.2, -0.15) is 0 Å². The lowest BCUT2D eigenvalue weighted by molar-refractivity contribution is 0.0232. The van der Waals surface area contributed by atoms with Crippen LogP contribution in [0.15, 0.2) is 35.7 Å². The normalized spacial score (nSPS) is 14.2. The Labute approximate surface area is 129 Å². The second-order valence-electron chi connectivity index (χ2n) is 4.90. The highest BCUT2D eigenvalue weighted by Crippen LogP contribution is 2.30. The monoisotopic (exact) mass is 309 g/mol. The van der Waals surface area contributed by atoms with Crippen LogP contribution in [0, 0.1) is 6.92 Å². The van der Waals surface area contributed by atoms with Gasteiger partial charge in [0.25, 0.3) is 0 Å². The van der Waals surface area contributed by atoms with Crippen molar-refractivity contribution in [2.45, 2.75) is 39.0 Å². The van der Waals surface area contributed by atoms with Crippen LogP contribution >= 0.6 is 22.9 Å². The maximum Gasteiger partial charge on any atom is 0.107 e. The Kier molecular flexibility index (Phi) is 5.61. The largest absolute Gasteiger partial charge is 0.366 e. The van der Waals surface area contributed by atoms with Crippen LogP contribution in [0.4, 0.5) is 0 Å². The van der Waals surface area contributed by atoms with Gasteiger partial charge >= 0.3 is 0 Å². The zero-order valence-corrected chi connectivity index (χ0v) is 13.4. The summed E-state index contributed by atoms with van der Waals surface area (Å²) in [6.45, 7) is 4.74. The number of thiophene rings is 1. The van der Waals surface area contributed by atoms with Gasteiger partial charge < -0.3 is 10.5 Å². The van der Waals surface area contributed by atoms with Crippen molar-refractivity contribution in [1.29, 1.82) is 0 Å². The third-order valence-corrected chi connectivity index (χ3v) is 4.70. The van der Waals surface area contributed by atoms with Gasteiger partial charge in [0.1, 0.15) is 6.10 Å². The molecule has 0 amide bonds. The lowest BCUT2D eigenvalue weighted by Crippen LogP contribution is -2.29. The molecule has 1 aromatic heterocycles. The first-order valence-corrected chi connectivity index (χ1v) is 8.03. The van der Waals surface area contributed by atoms with Crippen molar-refractivity contribution in [3.8, 4) is 0 Å². The number of benzene rings is 1. The minimum atomic E-state index is -0.0457. The molecule has 2 atom stereocenters. The second kappa shape index (κ2) is 7.23. The third kappa shape index (κ3) is 3.83. The van der Waals surface area contributed by atoms with E-state index in [0.717, 1.165) is 17.0 Å². The molecule has 0 aliphatic carbocycles.